The quantitative estimate of drug-likeness (QED) is 0.511. The van der Waals surface area contributed by atoms with Crippen molar-refractivity contribution in [1.29, 1.82) is 0 Å². The van der Waals surface area contributed by atoms with Crippen LogP contribution in [0.4, 0.5) is 0 Å². The summed E-state index contributed by atoms with van der Waals surface area (Å²) in [5.41, 5.74) is 0. The van der Waals surface area contributed by atoms with Crippen LogP contribution in [0.1, 0.15) is 71.6 Å². The van der Waals surface area contributed by atoms with Crippen molar-refractivity contribution in [2.24, 2.45) is 11.8 Å². The minimum Gasteiger partial charge on any atom is -0.353 e. The van der Waals surface area contributed by atoms with Gasteiger partial charge in [0.1, 0.15) is 11.6 Å². The molecule has 2 rings (SSSR count). The fraction of sp³-hybridized carbons (Fsp3) is 0.905. The summed E-state index contributed by atoms with van der Waals surface area (Å²) in [6.07, 6.45) is 7.30. The Kier molecular flexibility index (Phi) is 10.5. The molecule has 0 bridgehead atoms. The molecule has 0 amide bonds. The molecule has 2 aliphatic rings. The molecule has 27 heavy (non-hydrogen) atoms. The van der Waals surface area contributed by atoms with Crippen molar-refractivity contribution in [1.82, 2.24) is 0 Å². The van der Waals surface area contributed by atoms with Crippen LogP contribution >= 0.6 is 0 Å². The fourth-order valence-electron chi connectivity index (χ4n) is 3.30. The van der Waals surface area contributed by atoms with Crippen LogP contribution in [0.25, 0.3) is 0 Å². The Labute approximate surface area is 163 Å². The normalized spacial score (nSPS) is 25.7. The number of rotatable bonds is 12. The number of ketones is 2. The molecule has 2 fully saturated rings. The number of carbonyl (C=O) groups is 2. The molecular weight excluding hydrogens is 348 g/mol. The monoisotopic (exact) mass is 384 g/mol. The molecule has 156 valence electrons. The van der Waals surface area contributed by atoms with Crippen LogP contribution in [0.5, 0.6) is 0 Å². The summed E-state index contributed by atoms with van der Waals surface area (Å²) >= 11 is 0. The van der Waals surface area contributed by atoms with E-state index in [0.29, 0.717) is 32.5 Å². The van der Waals surface area contributed by atoms with Gasteiger partial charge in [0.25, 0.3) is 0 Å². The number of carbonyl (C=O) groups excluding carboxylic acids is 2. The lowest BCUT2D eigenvalue weighted by Gasteiger charge is -2.24. The summed E-state index contributed by atoms with van der Waals surface area (Å²) in [5, 5.41) is 0. The first kappa shape index (κ1) is 22.5. The van der Waals surface area contributed by atoms with Gasteiger partial charge in [0, 0.05) is 37.9 Å². The molecule has 0 saturated carbocycles. The molecule has 0 aromatic carbocycles. The summed E-state index contributed by atoms with van der Waals surface area (Å²) in [7, 11) is 0. The van der Waals surface area contributed by atoms with Crippen molar-refractivity contribution in [3.63, 3.8) is 0 Å². The van der Waals surface area contributed by atoms with E-state index in [0.717, 1.165) is 51.7 Å². The maximum atomic E-state index is 12.2. The van der Waals surface area contributed by atoms with E-state index in [1.807, 2.05) is 13.8 Å². The highest BCUT2D eigenvalue weighted by Gasteiger charge is 2.21. The molecule has 2 saturated heterocycles. The van der Waals surface area contributed by atoms with Crippen molar-refractivity contribution in [3.05, 3.63) is 0 Å². The summed E-state index contributed by atoms with van der Waals surface area (Å²) in [6, 6.07) is 0. The minimum absolute atomic E-state index is 0.151. The second kappa shape index (κ2) is 12.6. The zero-order chi connectivity index (χ0) is 19.5. The summed E-state index contributed by atoms with van der Waals surface area (Å²) < 4.78 is 22.4. The predicted octanol–water partition coefficient (Wildman–Crippen LogP) is 3.65. The van der Waals surface area contributed by atoms with Crippen LogP contribution in [-0.2, 0) is 28.5 Å². The van der Waals surface area contributed by atoms with Gasteiger partial charge in [-0.2, -0.15) is 0 Å². The molecule has 0 aliphatic carbocycles. The first-order valence-corrected chi connectivity index (χ1v) is 10.6. The Hall–Kier alpha value is -0.820. The minimum atomic E-state index is -0.162. The third kappa shape index (κ3) is 8.81. The maximum Gasteiger partial charge on any atom is 0.157 e. The Bertz CT molecular complexity index is 400. The molecule has 0 aromatic rings. The van der Waals surface area contributed by atoms with Gasteiger partial charge in [0.2, 0.25) is 0 Å². The van der Waals surface area contributed by atoms with E-state index in [-0.39, 0.29) is 36.0 Å². The smallest absolute Gasteiger partial charge is 0.157 e. The van der Waals surface area contributed by atoms with E-state index < -0.39 is 0 Å². The van der Waals surface area contributed by atoms with Crippen molar-refractivity contribution >= 4 is 11.6 Å². The molecule has 2 aliphatic heterocycles. The highest BCUT2D eigenvalue weighted by Crippen LogP contribution is 2.17. The van der Waals surface area contributed by atoms with Crippen molar-refractivity contribution in [2.75, 3.05) is 26.4 Å². The van der Waals surface area contributed by atoms with E-state index >= 15 is 0 Å². The van der Waals surface area contributed by atoms with E-state index in [1.165, 1.54) is 0 Å². The van der Waals surface area contributed by atoms with Crippen LogP contribution in [0.3, 0.4) is 0 Å². The lowest BCUT2D eigenvalue weighted by atomic mass is 9.98. The lowest BCUT2D eigenvalue weighted by molar-refractivity contribution is -0.170. The third-order valence-electron chi connectivity index (χ3n) is 5.29. The molecule has 6 heteroatoms. The number of hydrogen-bond acceptors (Lipinski definition) is 6. The van der Waals surface area contributed by atoms with Gasteiger partial charge in [-0.25, -0.2) is 0 Å². The van der Waals surface area contributed by atoms with Gasteiger partial charge in [-0.05, 0) is 44.9 Å². The largest absolute Gasteiger partial charge is 0.353 e. The van der Waals surface area contributed by atoms with Gasteiger partial charge in [0.05, 0.1) is 13.2 Å². The van der Waals surface area contributed by atoms with Crippen molar-refractivity contribution in [2.45, 2.75) is 84.2 Å². The van der Waals surface area contributed by atoms with Gasteiger partial charge in [-0.15, -0.1) is 0 Å². The Morgan fingerprint density at radius 3 is 1.63 bits per heavy atom. The van der Waals surface area contributed by atoms with E-state index in [9.17, 15) is 9.59 Å². The van der Waals surface area contributed by atoms with Crippen LogP contribution in [0, 0.1) is 11.8 Å². The van der Waals surface area contributed by atoms with Crippen LogP contribution in [0.2, 0.25) is 0 Å². The standard InChI is InChI=1S/C21H36O6/c1-16(14-26-20-10-3-5-12-24-20)18(22)8-7-9-19(23)17(2)15-27-21-11-4-6-13-25-21/h16-17,20-21H,3-15H2,1-2H3. The van der Waals surface area contributed by atoms with Gasteiger partial charge in [-0.3, -0.25) is 9.59 Å². The third-order valence-corrected chi connectivity index (χ3v) is 5.29. The summed E-state index contributed by atoms with van der Waals surface area (Å²) in [5.74, 6) is -0.0130. The van der Waals surface area contributed by atoms with E-state index in [1.54, 1.807) is 0 Å². The molecule has 4 unspecified atom stereocenters. The average molecular weight is 385 g/mol. The Balaban J connectivity index is 1.53. The Morgan fingerprint density at radius 2 is 1.26 bits per heavy atom. The van der Waals surface area contributed by atoms with Gasteiger partial charge in [-0.1, -0.05) is 13.8 Å². The predicted molar refractivity (Wildman–Crippen MR) is 101 cm³/mol. The summed E-state index contributed by atoms with van der Waals surface area (Å²) in [4.78, 5) is 24.5. The number of Topliss-reactive ketones (excluding diaryl/α,β-unsaturated/α-hetero) is 2. The highest BCUT2D eigenvalue weighted by molar-refractivity contribution is 5.83. The molecule has 0 aromatic heterocycles. The molecule has 0 spiro atoms. The molecule has 2 heterocycles. The highest BCUT2D eigenvalue weighted by atomic mass is 16.7. The zero-order valence-corrected chi connectivity index (χ0v) is 17.0. The maximum absolute atomic E-state index is 12.2. The van der Waals surface area contributed by atoms with Crippen LogP contribution in [0.15, 0.2) is 0 Å². The number of ether oxygens (including phenoxy) is 4. The lowest BCUT2D eigenvalue weighted by Crippen LogP contribution is -2.27. The second-order valence-corrected chi connectivity index (χ2v) is 7.85. The van der Waals surface area contributed by atoms with Gasteiger partial charge < -0.3 is 18.9 Å². The summed E-state index contributed by atoms with van der Waals surface area (Å²) in [6.45, 7) is 6.03. The topological polar surface area (TPSA) is 71.1 Å². The SMILES string of the molecule is CC(COC1CCCCO1)C(=O)CCCC(=O)C(C)COC1CCCCO1. The fourth-order valence-corrected chi connectivity index (χ4v) is 3.30. The van der Waals surface area contributed by atoms with Gasteiger partial charge in [0.15, 0.2) is 12.6 Å². The van der Waals surface area contributed by atoms with Crippen molar-refractivity contribution < 1.29 is 28.5 Å². The Morgan fingerprint density at radius 1 is 0.815 bits per heavy atom. The molecule has 6 nitrogen and oxygen atoms in total. The van der Waals surface area contributed by atoms with Crippen molar-refractivity contribution in [3.8, 4) is 0 Å². The van der Waals surface area contributed by atoms with Crippen LogP contribution in [-0.4, -0.2) is 50.6 Å². The molecule has 0 N–H and O–H groups in total. The van der Waals surface area contributed by atoms with Gasteiger partial charge >= 0.3 is 0 Å². The van der Waals surface area contributed by atoms with Crippen LogP contribution < -0.4 is 0 Å². The molecule has 4 atom stereocenters. The first-order chi connectivity index (χ1) is 13.1. The molecule has 0 radical (unpaired) electrons. The van der Waals surface area contributed by atoms with E-state index in [2.05, 4.69) is 0 Å². The number of hydrogen-bond donors (Lipinski definition) is 0. The second-order valence-electron chi connectivity index (χ2n) is 7.85. The van der Waals surface area contributed by atoms with E-state index in [4.69, 9.17) is 18.9 Å². The average Bonchev–Trinajstić information content (AvgIpc) is 2.71. The molecular formula is C21H36O6. The first-order valence-electron chi connectivity index (χ1n) is 10.6. The zero-order valence-electron chi connectivity index (χ0n) is 17.0.